The second-order valence-electron chi connectivity index (χ2n) is 4.64. The van der Waals surface area contributed by atoms with E-state index in [0.717, 1.165) is 24.7 Å². The molecule has 1 fully saturated rings. The van der Waals surface area contributed by atoms with Crippen LogP contribution in [0.15, 0.2) is 0 Å². The highest BCUT2D eigenvalue weighted by atomic mass is 16.5. The van der Waals surface area contributed by atoms with Crippen molar-refractivity contribution in [3.8, 4) is 0 Å². The van der Waals surface area contributed by atoms with Crippen LogP contribution in [0.4, 0.5) is 0 Å². The fourth-order valence-corrected chi connectivity index (χ4v) is 2.16. The molecule has 0 aliphatic heterocycles. The van der Waals surface area contributed by atoms with Gasteiger partial charge in [-0.3, -0.25) is 4.79 Å². The molecule has 1 aliphatic rings. The lowest BCUT2D eigenvalue weighted by Gasteiger charge is -2.31. The first-order chi connectivity index (χ1) is 6.63. The summed E-state index contributed by atoms with van der Waals surface area (Å²) in [5, 5.41) is 0. The first kappa shape index (κ1) is 11.5. The SMILES string of the molecule is CCC(=O)O[C@@H]1CCC[C@@H](C(C)C)C1. The Morgan fingerprint density at radius 2 is 2.14 bits per heavy atom. The van der Waals surface area contributed by atoms with Crippen molar-refractivity contribution in [1.82, 2.24) is 0 Å². The predicted octanol–water partition coefficient (Wildman–Crippen LogP) is 3.15. The Kier molecular flexibility index (Phi) is 4.43. The van der Waals surface area contributed by atoms with E-state index in [1.54, 1.807) is 0 Å². The second kappa shape index (κ2) is 5.38. The third-order valence-corrected chi connectivity index (χ3v) is 3.20. The minimum Gasteiger partial charge on any atom is -0.462 e. The van der Waals surface area contributed by atoms with Gasteiger partial charge in [-0.05, 0) is 37.5 Å². The molecule has 0 spiro atoms. The summed E-state index contributed by atoms with van der Waals surface area (Å²) in [7, 11) is 0. The molecule has 0 bridgehead atoms. The van der Waals surface area contributed by atoms with Crippen LogP contribution in [-0.4, -0.2) is 12.1 Å². The molecular formula is C12H22O2. The van der Waals surface area contributed by atoms with E-state index in [1.165, 1.54) is 12.8 Å². The van der Waals surface area contributed by atoms with Gasteiger partial charge in [0.15, 0.2) is 0 Å². The number of rotatable bonds is 3. The second-order valence-corrected chi connectivity index (χ2v) is 4.64. The molecule has 1 rings (SSSR count). The van der Waals surface area contributed by atoms with Gasteiger partial charge in [0, 0.05) is 6.42 Å². The lowest BCUT2D eigenvalue weighted by molar-refractivity contribution is -0.151. The third-order valence-electron chi connectivity index (χ3n) is 3.20. The van der Waals surface area contributed by atoms with Crippen molar-refractivity contribution in [1.29, 1.82) is 0 Å². The summed E-state index contributed by atoms with van der Waals surface area (Å²) in [4.78, 5) is 11.1. The molecule has 0 saturated heterocycles. The van der Waals surface area contributed by atoms with Crippen LogP contribution in [0.25, 0.3) is 0 Å². The van der Waals surface area contributed by atoms with Gasteiger partial charge in [-0.25, -0.2) is 0 Å². The summed E-state index contributed by atoms with van der Waals surface area (Å²) in [6.45, 7) is 6.37. The largest absolute Gasteiger partial charge is 0.462 e. The maximum Gasteiger partial charge on any atom is 0.305 e. The minimum absolute atomic E-state index is 0.0422. The highest BCUT2D eigenvalue weighted by Crippen LogP contribution is 2.31. The highest BCUT2D eigenvalue weighted by Gasteiger charge is 2.26. The van der Waals surface area contributed by atoms with Crippen LogP contribution in [0.1, 0.15) is 52.9 Å². The number of esters is 1. The molecular weight excluding hydrogens is 176 g/mol. The summed E-state index contributed by atoms with van der Waals surface area (Å²) in [6, 6.07) is 0. The van der Waals surface area contributed by atoms with Gasteiger partial charge in [-0.2, -0.15) is 0 Å². The van der Waals surface area contributed by atoms with E-state index < -0.39 is 0 Å². The lowest BCUT2D eigenvalue weighted by Crippen LogP contribution is -2.27. The molecule has 0 heterocycles. The zero-order valence-corrected chi connectivity index (χ0v) is 9.58. The van der Waals surface area contributed by atoms with E-state index in [1.807, 2.05) is 6.92 Å². The molecule has 0 unspecified atom stereocenters. The molecule has 2 heteroatoms. The minimum atomic E-state index is -0.0422. The fraction of sp³-hybridized carbons (Fsp3) is 0.917. The van der Waals surface area contributed by atoms with Crippen LogP contribution in [0.3, 0.4) is 0 Å². The lowest BCUT2D eigenvalue weighted by atomic mass is 9.80. The molecule has 2 nitrogen and oxygen atoms in total. The molecule has 1 aliphatic carbocycles. The Bertz CT molecular complexity index is 187. The van der Waals surface area contributed by atoms with Gasteiger partial charge >= 0.3 is 5.97 Å². The van der Waals surface area contributed by atoms with Gasteiger partial charge in [0.2, 0.25) is 0 Å². The highest BCUT2D eigenvalue weighted by molar-refractivity contribution is 5.69. The average molecular weight is 198 g/mol. The van der Waals surface area contributed by atoms with Crippen LogP contribution < -0.4 is 0 Å². The first-order valence-electron chi connectivity index (χ1n) is 5.83. The summed E-state index contributed by atoms with van der Waals surface area (Å²) in [6.07, 6.45) is 5.35. The number of carbonyl (C=O) groups is 1. The van der Waals surface area contributed by atoms with Crippen molar-refractivity contribution in [2.75, 3.05) is 0 Å². The standard InChI is InChI=1S/C12H22O2/c1-4-12(13)14-11-7-5-6-10(8-11)9(2)3/h9-11H,4-8H2,1-3H3/t10-,11-/m1/s1. The normalized spacial score (nSPS) is 27.7. The number of hydrogen-bond acceptors (Lipinski definition) is 2. The fourth-order valence-electron chi connectivity index (χ4n) is 2.16. The monoisotopic (exact) mass is 198 g/mol. The molecule has 2 atom stereocenters. The molecule has 0 aromatic carbocycles. The van der Waals surface area contributed by atoms with Crippen molar-refractivity contribution in [2.45, 2.75) is 59.0 Å². The van der Waals surface area contributed by atoms with E-state index in [4.69, 9.17) is 4.74 Å². The van der Waals surface area contributed by atoms with Crippen molar-refractivity contribution in [3.05, 3.63) is 0 Å². The van der Waals surface area contributed by atoms with E-state index in [2.05, 4.69) is 13.8 Å². The van der Waals surface area contributed by atoms with Crippen molar-refractivity contribution >= 4 is 5.97 Å². The Labute approximate surface area is 87.0 Å². The topological polar surface area (TPSA) is 26.3 Å². The van der Waals surface area contributed by atoms with E-state index in [9.17, 15) is 4.79 Å². The molecule has 14 heavy (non-hydrogen) atoms. The molecule has 0 aromatic rings. The maximum atomic E-state index is 11.1. The smallest absolute Gasteiger partial charge is 0.305 e. The summed E-state index contributed by atoms with van der Waals surface area (Å²) >= 11 is 0. The molecule has 1 saturated carbocycles. The van der Waals surface area contributed by atoms with E-state index in [-0.39, 0.29) is 12.1 Å². The number of hydrogen-bond donors (Lipinski definition) is 0. The van der Waals surface area contributed by atoms with Crippen molar-refractivity contribution in [2.24, 2.45) is 11.8 Å². The van der Waals surface area contributed by atoms with Crippen LogP contribution in [0, 0.1) is 11.8 Å². The van der Waals surface area contributed by atoms with Gasteiger partial charge in [0.25, 0.3) is 0 Å². The molecule has 0 radical (unpaired) electrons. The van der Waals surface area contributed by atoms with Crippen LogP contribution in [0.5, 0.6) is 0 Å². The van der Waals surface area contributed by atoms with E-state index >= 15 is 0 Å². The predicted molar refractivity (Wildman–Crippen MR) is 57.0 cm³/mol. The molecule has 0 N–H and O–H groups in total. The number of ether oxygens (including phenoxy) is 1. The van der Waals surface area contributed by atoms with Gasteiger partial charge in [0.05, 0.1) is 0 Å². The zero-order valence-electron chi connectivity index (χ0n) is 9.58. The van der Waals surface area contributed by atoms with Gasteiger partial charge in [-0.1, -0.05) is 20.8 Å². The summed E-state index contributed by atoms with van der Waals surface area (Å²) in [5.74, 6) is 1.43. The number of carbonyl (C=O) groups excluding carboxylic acids is 1. The van der Waals surface area contributed by atoms with Crippen LogP contribution in [0.2, 0.25) is 0 Å². The Hall–Kier alpha value is -0.530. The maximum absolute atomic E-state index is 11.1. The van der Waals surface area contributed by atoms with Crippen molar-refractivity contribution in [3.63, 3.8) is 0 Å². The van der Waals surface area contributed by atoms with Gasteiger partial charge in [-0.15, -0.1) is 0 Å². The van der Waals surface area contributed by atoms with Crippen LogP contribution >= 0.6 is 0 Å². The third kappa shape index (κ3) is 3.32. The van der Waals surface area contributed by atoms with Gasteiger partial charge < -0.3 is 4.74 Å². The van der Waals surface area contributed by atoms with Crippen LogP contribution in [-0.2, 0) is 9.53 Å². The Balaban J connectivity index is 2.36. The quantitative estimate of drug-likeness (QED) is 0.651. The van der Waals surface area contributed by atoms with Crippen molar-refractivity contribution < 1.29 is 9.53 Å². The Morgan fingerprint density at radius 3 is 2.71 bits per heavy atom. The molecule has 0 amide bonds. The Morgan fingerprint density at radius 1 is 1.43 bits per heavy atom. The zero-order chi connectivity index (χ0) is 10.6. The average Bonchev–Trinajstić information content (AvgIpc) is 2.18. The first-order valence-corrected chi connectivity index (χ1v) is 5.83. The molecule has 82 valence electrons. The summed E-state index contributed by atoms with van der Waals surface area (Å²) in [5.41, 5.74) is 0. The van der Waals surface area contributed by atoms with E-state index in [0.29, 0.717) is 6.42 Å². The van der Waals surface area contributed by atoms with Gasteiger partial charge in [0.1, 0.15) is 6.10 Å². The molecule has 0 aromatic heterocycles. The summed E-state index contributed by atoms with van der Waals surface area (Å²) < 4.78 is 5.38.